The van der Waals surface area contributed by atoms with Crippen LogP contribution in [0, 0.1) is 6.92 Å². The van der Waals surface area contributed by atoms with E-state index in [1.54, 1.807) is 12.3 Å². The topological polar surface area (TPSA) is 71.5 Å². The number of hydrogen-bond donors (Lipinski definition) is 1. The van der Waals surface area contributed by atoms with Crippen molar-refractivity contribution in [2.45, 2.75) is 20.8 Å². The van der Waals surface area contributed by atoms with E-state index in [9.17, 15) is 8.42 Å². The first-order chi connectivity index (χ1) is 8.36. The Balaban J connectivity index is 0.00000137. The van der Waals surface area contributed by atoms with E-state index in [4.69, 9.17) is 4.74 Å². The second-order valence-electron chi connectivity index (χ2n) is 3.46. The van der Waals surface area contributed by atoms with Gasteiger partial charge in [-0.1, -0.05) is 13.8 Å². The van der Waals surface area contributed by atoms with Crippen LogP contribution in [0.25, 0.3) is 0 Å². The molecule has 1 aromatic rings. The number of aryl methyl sites for hydroxylation is 1. The Bertz CT molecular complexity index is 472. The number of hydrogen-bond acceptors (Lipinski definition) is 4. The lowest BCUT2D eigenvalue weighted by Gasteiger charge is -2.15. The zero-order valence-electron chi connectivity index (χ0n) is 11.7. The smallest absolute Gasteiger partial charge is 0.301 e. The van der Waals surface area contributed by atoms with Crippen molar-refractivity contribution in [2.75, 3.05) is 25.9 Å². The van der Waals surface area contributed by atoms with Crippen LogP contribution < -0.4 is 9.46 Å². The normalized spacial score (nSPS) is 10.6. The molecule has 0 unspecified atom stereocenters. The van der Waals surface area contributed by atoms with Gasteiger partial charge in [0.2, 0.25) is 5.88 Å². The van der Waals surface area contributed by atoms with Crippen molar-refractivity contribution < 1.29 is 13.2 Å². The zero-order chi connectivity index (χ0) is 14.3. The van der Waals surface area contributed by atoms with Gasteiger partial charge in [0, 0.05) is 20.3 Å². The first kappa shape index (κ1) is 16.7. The van der Waals surface area contributed by atoms with Gasteiger partial charge in [0.1, 0.15) is 5.69 Å². The number of rotatable bonds is 4. The molecule has 1 rings (SSSR count). The number of anilines is 1. The molecule has 18 heavy (non-hydrogen) atoms. The molecule has 0 saturated heterocycles. The maximum atomic E-state index is 11.6. The van der Waals surface area contributed by atoms with Crippen molar-refractivity contribution in [3.05, 3.63) is 17.8 Å². The average Bonchev–Trinajstić information content (AvgIpc) is 2.31. The largest absolute Gasteiger partial charge is 0.479 e. The second-order valence-corrected chi connectivity index (χ2v) is 5.34. The van der Waals surface area contributed by atoms with Crippen LogP contribution in [0.4, 0.5) is 5.69 Å². The molecular formula is C11H21N3O3S. The van der Waals surface area contributed by atoms with Crippen molar-refractivity contribution >= 4 is 15.9 Å². The van der Waals surface area contributed by atoms with E-state index in [-0.39, 0.29) is 5.88 Å². The van der Waals surface area contributed by atoms with E-state index < -0.39 is 10.2 Å². The summed E-state index contributed by atoms with van der Waals surface area (Å²) in [5.41, 5.74) is 1.17. The Morgan fingerprint density at radius 1 is 1.33 bits per heavy atom. The molecule has 1 aromatic heterocycles. The van der Waals surface area contributed by atoms with Gasteiger partial charge in [-0.3, -0.25) is 4.72 Å². The molecule has 104 valence electrons. The van der Waals surface area contributed by atoms with Gasteiger partial charge in [-0.25, -0.2) is 4.98 Å². The first-order valence-electron chi connectivity index (χ1n) is 5.57. The molecule has 0 atom stereocenters. The molecule has 0 amide bonds. The summed E-state index contributed by atoms with van der Waals surface area (Å²) >= 11 is 0. The average molecular weight is 275 g/mol. The van der Waals surface area contributed by atoms with Gasteiger partial charge in [0.05, 0.1) is 7.11 Å². The highest BCUT2D eigenvalue weighted by molar-refractivity contribution is 7.90. The molecule has 0 fully saturated rings. The van der Waals surface area contributed by atoms with Crippen LogP contribution in [0.3, 0.4) is 0 Å². The minimum Gasteiger partial charge on any atom is -0.479 e. The fourth-order valence-corrected chi connectivity index (χ4v) is 1.63. The fourth-order valence-electron chi connectivity index (χ4n) is 1.02. The van der Waals surface area contributed by atoms with Crippen LogP contribution in [-0.2, 0) is 10.2 Å². The lowest BCUT2D eigenvalue weighted by Crippen LogP contribution is -2.29. The lowest BCUT2D eigenvalue weighted by atomic mass is 10.3. The van der Waals surface area contributed by atoms with Crippen molar-refractivity contribution in [3.8, 4) is 5.88 Å². The molecule has 6 nitrogen and oxygen atoms in total. The molecule has 0 aliphatic heterocycles. The van der Waals surface area contributed by atoms with Gasteiger partial charge in [-0.05, 0) is 18.6 Å². The molecular weight excluding hydrogens is 254 g/mol. The molecule has 0 bridgehead atoms. The Hall–Kier alpha value is -1.34. The highest BCUT2D eigenvalue weighted by Gasteiger charge is 2.16. The second kappa shape index (κ2) is 7.17. The van der Waals surface area contributed by atoms with Gasteiger partial charge in [-0.2, -0.15) is 12.7 Å². The minimum atomic E-state index is -3.54. The van der Waals surface area contributed by atoms with Gasteiger partial charge < -0.3 is 4.74 Å². The number of pyridine rings is 1. The monoisotopic (exact) mass is 275 g/mol. The van der Waals surface area contributed by atoms with E-state index in [0.29, 0.717) is 5.69 Å². The van der Waals surface area contributed by atoms with Gasteiger partial charge in [-0.15, -0.1) is 0 Å². The highest BCUT2D eigenvalue weighted by Crippen LogP contribution is 2.23. The standard InChI is InChI=1S/C9H15N3O3S.C2H6/c1-7-5-8(9(15-4)10-6-7)11-16(13,14)12(2)3;1-2/h5-6,11H,1-4H3;1-2H3. The molecule has 0 aliphatic rings. The summed E-state index contributed by atoms with van der Waals surface area (Å²) in [5.74, 6) is 0.246. The van der Waals surface area contributed by atoms with E-state index in [2.05, 4.69) is 9.71 Å². The summed E-state index contributed by atoms with van der Waals surface area (Å²) in [7, 11) is 0.783. The van der Waals surface area contributed by atoms with Crippen molar-refractivity contribution in [3.63, 3.8) is 0 Å². The zero-order valence-corrected chi connectivity index (χ0v) is 12.5. The fraction of sp³-hybridized carbons (Fsp3) is 0.545. The summed E-state index contributed by atoms with van der Waals surface area (Å²) < 4.78 is 31.7. The Morgan fingerprint density at radius 3 is 2.33 bits per heavy atom. The van der Waals surface area contributed by atoms with E-state index in [1.807, 2.05) is 20.8 Å². The number of methoxy groups -OCH3 is 1. The SMILES string of the molecule is CC.COc1ncc(C)cc1NS(=O)(=O)N(C)C. The third-order valence-corrected chi connectivity index (χ3v) is 3.34. The maximum absolute atomic E-state index is 11.6. The molecule has 1 heterocycles. The molecule has 0 aliphatic carbocycles. The Morgan fingerprint density at radius 2 is 1.89 bits per heavy atom. The molecule has 0 aromatic carbocycles. The molecule has 1 N–H and O–H groups in total. The van der Waals surface area contributed by atoms with E-state index in [0.717, 1.165) is 9.87 Å². The summed E-state index contributed by atoms with van der Waals surface area (Å²) in [6.45, 7) is 5.82. The predicted molar refractivity (Wildman–Crippen MR) is 73.1 cm³/mol. The summed E-state index contributed by atoms with van der Waals surface area (Å²) in [5, 5.41) is 0. The van der Waals surface area contributed by atoms with E-state index in [1.165, 1.54) is 21.2 Å². The van der Waals surface area contributed by atoms with Crippen molar-refractivity contribution in [2.24, 2.45) is 0 Å². The Kier molecular flexibility index (Phi) is 6.64. The maximum Gasteiger partial charge on any atom is 0.301 e. The van der Waals surface area contributed by atoms with Gasteiger partial charge in [0.15, 0.2) is 0 Å². The van der Waals surface area contributed by atoms with Crippen molar-refractivity contribution in [1.82, 2.24) is 9.29 Å². The lowest BCUT2D eigenvalue weighted by molar-refractivity contribution is 0.400. The molecule has 0 saturated carbocycles. The van der Waals surface area contributed by atoms with Crippen LogP contribution >= 0.6 is 0 Å². The van der Waals surface area contributed by atoms with Crippen LogP contribution in [0.2, 0.25) is 0 Å². The number of nitrogens with zero attached hydrogens (tertiary/aromatic N) is 2. The van der Waals surface area contributed by atoms with Crippen molar-refractivity contribution in [1.29, 1.82) is 0 Å². The number of aromatic nitrogens is 1. The third-order valence-electron chi connectivity index (χ3n) is 1.90. The predicted octanol–water partition coefficient (Wildman–Crippen LogP) is 1.64. The minimum absolute atomic E-state index is 0.246. The number of nitrogens with one attached hydrogen (secondary N) is 1. The van der Waals surface area contributed by atoms with Gasteiger partial charge >= 0.3 is 10.2 Å². The third kappa shape index (κ3) is 4.50. The summed E-state index contributed by atoms with van der Waals surface area (Å²) in [6, 6.07) is 1.66. The molecule has 0 spiro atoms. The quantitative estimate of drug-likeness (QED) is 0.906. The van der Waals surface area contributed by atoms with Crippen LogP contribution in [0.5, 0.6) is 5.88 Å². The summed E-state index contributed by atoms with van der Waals surface area (Å²) in [6.07, 6.45) is 1.60. The highest BCUT2D eigenvalue weighted by atomic mass is 32.2. The number of ether oxygens (including phenoxy) is 1. The Labute approximate surface area is 109 Å². The summed E-state index contributed by atoms with van der Waals surface area (Å²) in [4.78, 5) is 3.97. The van der Waals surface area contributed by atoms with Crippen LogP contribution in [0.15, 0.2) is 12.3 Å². The first-order valence-corrected chi connectivity index (χ1v) is 7.01. The van der Waals surface area contributed by atoms with Crippen LogP contribution in [0.1, 0.15) is 19.4 Å². The van der Waals surface area contributed by atoms with E-state index >= 15 is 0 Å². The molecule has 7 heteroatoms. The van der Waals surface area contributed by atoms with Gasteiger partial charge in [0.25, 0.3) is 0 Å². The van der Waals surface area contributed by atoms with Crippen LogP contribution in [-0.4, -0.2) is 38.9 Å². The molecule has 0 radical (unpaired) electrons.